The van der Waals surface area contributed by atoms with E-state index >= 15 is 0 Å². The molecule has 2 aromatic heterocycles. The maximum Gasteiger partial charge on any atom is 0.273 e. The molecule has 7 heteroatoms. The van der Waals surface area contributed by atoms with Crippen LogP contribution in [0.4, 0.5) is 0 Å². The Hall–Kier alpha value is -2.80. The minimum atomic E-state index is -0.208. The molecule has 0 saturated heterocycles. The second-order valence-electron chi connectivity index (χ2n) is 6.84. The van der Waals surface area contributed by atoms with E-state index in [1.165, 1.54) is 24.0 Å². The summed E-state index contributed by atoms with van der Waals surface area (Å²) in [6.45, 7) is 5.16. The number of hydrogen-bond donors (Lipinski definition) is 3. The third-order valence-electron chi connectivity index (χ3n) is 4.93. The highest BCUT2D eigenvalue weighted by molar-refractivity contribution is 6.33. The van der Waals surface area contributed by atoms with Crippen LogP contribution in [-0.2, 0) is 11.2 Å². The van der Waals surface area contributed by atoms with E-state index in [0.29, 0.717) is 17.3 Å². The number of aromatic nitrogens is 3. The van der Waals surface area contributed by atoms with Gasteiger partial charge < -0.3 is 10.3 Å². The molecule has 2 aromatic rings. The van der Waals surface area contributed by atoms with E-state index in [1.54, 1.807) is 18.5 Å². The second kappa shape index (κ2) is 6.84. The Morgan fingerprint density at radius 1 is 1.31 bits per heavy atom. The molecule has 0 bridgehead atoms. The molecule has 3 N–H and O–H groups in total. The highest BCUT2D eigenvalue weighted by Crippen LogP contribution is 2.24. The molecule has 1 aliphatic carbocycles. The van der Waals surface area contributed by atoms with Gasteiger partial charge in [-0.1, -0.05) is 0 Å². The van der Waals surface area contributed by atoms with Crippen molar-refractivity contribution in [3.05, 3.63) is 52.1 Å². The summed E-state index contributed by atoms with van der Waals surface area (Å²) in [6.07, 6.45) is 8.64. The van der Waals surface area contributed by atoms with Gasteiger partial charge in [0.05, 0.1) is 18.0 Å². The number of rotatable bonds is 6. The molecule has 1 saturated carbocycles. The van der Waals surface area contributed by atoms with Gasteiger partial charge in [-0.15, -0.1) is 0 Å². The number of hydrogen-bond acceptors (Lipinski definition) is 5. The van der Waals surface area contributed by atoms with Crippen molar-refractivity contribution in [2.45, 2.75) is 39.2 Å². The largest absolute Gasteiger partial charge is 0.359 e. The fourth-order valence-electron chi connectivity index (χ4n) is 3.29. The van der Waals surface area contributed by atoms with E-state index in [0.717, 1.165) is 29.9 Å². The van der Waals surface area contributed by atoms with Crippen LogP contribution in [0, 0.1) is 13.8 Å². The van der Waals surface area contributed by atoms with Gasteiger partial charge >= 0.3 is 0 Å². The molecule has 4 rings (SSSR count). The van der Waals surface area contributed by atoms with Crippen LogP contribution in [0.15, 0.2) is 29.1 Å². The smallest absolute Gasteiger partial charge is 0.273 e. The number of carbonyl (C=O) groups is 1. The SMILES string of the molecule is Cc1[nH]c(C=C2C(=O)NN=C2c2ccnnc2)c(C)c1CCNC1CC1. The highest BCUT2D eigenvalue weighted by atomic mass is 16.2. The van der Waals surface area contributed by atoms with Crippen molar-refractivity contribution in [2.75, 3.05) is 6.54 Å². The number of nitrogens with zero attached hydrogens (tertiary/aromatic N) is 3. The lowest BCUT2D eigenvalue weighted by atomic mass is 10.0. The topological polar surface area (TPSA) is 95.1 Å². The maximum atomic E-state index is 12.3. The molecule has 0 unspecified atom stereocenters. The number of H-pyrrole nitrogens is 1. The van der Waals surface area contributed by atoms with Crippen LogP contribution in [0.1, 0.15) is 40.9 Å². The molecule has 1 fully saturated rings. The molecule has 1 amide bonds. The van der Waals surface area contributed by atoms with E-state index in [1.807, 2.05) is 6.08 Å². The van der Waals surface area contributed by atoms with Crippen LogP contribution in [0.3, 0.4) is 0 Å². The Kier molecular flexibility index (Phi) is 4.38. The summed E-state index contributed by atoms with van der Waals surface area (Å²) in [6, 6.07) is 2.51. The summed E-state index contributed by atoms with van der Waals surface area (Å²) in [5.74, 6) is -0.208. The average molecular weight is 350 g/mol. The van der Waals surface area contributed by atoms with Crippen LogP contribution in [0.25, 0.3) is 6.08 Å². The van der Waals surface area contributed by atoms with Gasteiger partial charge in [0.2, 0.25) is 0 Å². The second-order valence-corrected chi connectivity index (χ2v) is 6.84. The summed E-state index contributed by atoms with van der Waals surface area (Å²) in [7, 11) is 0. The van der Waals surface area contributed by atoms with Crippen molar-refractivity contribution in [2.24, 2.45) is 5.10 Å². The first kappa shape index (κ1) is 16.7. The molecule has 7 nitrogen and oxygen atoms in total. The summed E-state index contributed by atoms with van der Waals surface area (Å²) < 4.78 is 0. The first-order valence-electron chi connectivity index (χ1n) is 8.92. The van der Waals surface area contributed by atoms with Crippen molar-refractivity contribution in [1.29, 1.82) is 0 Å². The number of nitrogens with one attached hydrogen (secondary N) is 3. The monoisotopic (exact) mass is 350 g/mol. The number of carbonyl (C=O) groups excluding carboxylic acids is 1. The van der Waals surface area contributed by atoms with Gasteiger partial charge in [0.15, 0.2) is 0 Å². The molecular weight excluding hydrogens is 328 g/mol. The number of aromatic amines is 1. The van der Waals surface area contributed by atoms with Gasteiger partial charge in [0.1, 0.15) is 5.71 Å². The van der Waals surface area contributed by atoms with Gasteiger partial charge in [-0.2, -0.15) is 15.3 Å². The van der Waals surface area contributed by atoms with Crippen molar-refractivity contribution in [3.8, 4) is 0 Å². The molecule has 1 aliphatic heterocycles. The number of hydrazone groups is 1. The Morgan fingerprint density at radius 2 is 2.15 bits per heavy atom. The fraction of sp³-hybridized carbons (Fsp3) is 0.368. The summed E-state index contributed by atoms with van der Waals surface area (Å²) in [5, 5.41) is 15.4. The van der Waals surface area contributed by atoms with Gasteiger partial charge in [-0.25, -0.2) is 5.43 Å². The highest BCUT2D eigenvalue weighted by Gasteiger charge is 2.25. The first-order chi connectivity index (χ1) is 12.6. The molecule has 134 valence electrons. The standard InChI is InChI=1S/C19H22N6O/c1-11-15(6-7-20-14-3-4-14)12(2)23-17(11)9-16-18(24-25-19(16)26)13-5-8-21-22-10-13/h5,8-10,14,20,23H,3-4,6-7H2,1-2H3,(H,25,26). The minimum absolute atomic E-state index is 0.208. The number of amides is 1. The van der Waals surface area contributed by atoms with Crippen LogP contribution < -0.4 is 10.7 Å². The molecule has 0 atom stereocenters. The summed E-state index contributed by atoms with van der Waals surface area (Å²) >= 11 is 0. The van der Waals surface area contributed by atoms with Gasteiger partial charge in [0.25, 0.3) is 5.91 Å². The molecule has 3 heterocycles. The van der Waals surface area contributed by atoms with Crippen LogP contribution >= 0.6 is 0 Å². The molecule has 0 radical (unpaired) electrons. The Labute approximate surface area is 152 Å². The van der Waals surface area contributed by atoms with Crippen molar-refractivity contribution in [3.63, 3.8) is 0 Å². The van der Waals surface area contributed by atoms with Crippen molar-refractivity contribution >= 4 is 17.7 Å². The lowest BCUT2D eigenvalue weighted by molar-refractivity contribution is -0.116. The zero-order valence-electron chi connectivity index (χ0n) is 15.0. The lowest BCUT2D eigenvalue weighted by Gasteiger charge is -2.04. The van der Waals surface area contributed by atoms with Crippen LogP contribution in [0.5, 0.6) is 0 Å². The molecule has 26 heavy (non-hydrogen) atoms. The summed E-state index contributed by atoms with van der Waals surface area (Å²) in [4.78, 5) is 15.7. The van der Waals surface area contributed by atoms with E-state index < -0.39 is 0 Å². The van der Waals surface area contributed by atoms with E-state index in [4.69, 9.17) is 0 Å². The fourth-order valence-corrected chi connectivity index (χ4v) is 3.29. The third kappa shape index (κ3) is 3.30. The van der Waals surface area contributed by atoms with E-state index in [9.17, 15) is 4.79 Å². The average Bonchev–Trinajstić information content (AvgIpc) is 3.35. The Bertz CT molecular complexity index is 892. The minimum Gasteiger partial charge on any atom is -0.359 e. The zero-order chi connectivity index (χ0) is 18.1. The third-order valence-corrected chi connectivity index (χ3v) is 4.93. The maximum absolute atomic E-state index is 12.3. The quantitative estimate of drug-likeness (QED) is 0.690. The van der Waals surface area contributed by atoms with Crippen LogP contribution in [0.2, 0.25) is 0 Å². The summed E-state index contributed by atoms with van der Waals surface area (Å²) in [5.41, 5.74) is 9.02. The molecular formula is C19H22N6O. The van der Waals surface area contributed by atoms with Crippen LogP contribution in [-0.4, -0.2) is 39.4 Å². The Morgan fingerprint density at radius 3 is 2.88 bits per heavy atom. The van der Waals surface area contributed by atoms with Crippen molar-refractivity contribution < 1.29 is 4.79 Å². The Balaban J connectivity index is 1.60. The normalized spacial score (nSPS) is 18.3. The lowest BCUT2D eigenvalue weighted by Crippen LogP contribution is -2.19. The first-order valence-corrected chi connectivity index (χ1v) is 8.92. The van der Waals surface area contributed by atoms with Crippen molar-refractivity contribution in [1.82, 2.24) is 25.9 Å². The molecule has 0 aromatic carbocycles. The predicted octanol–water partition coefficient (Wildman–Crippen LogP) is 1.63. The van der Waals surface area contributed by atoms with E-state index in [2.05, 4.69) is 44.9 Å². The zero-order valence-corrected chi connectivity index (χ0v) is 15.0. The predicted molar refractivity (Wildman–Crippen MR) is 99.7 cm³/mol. The molecule has 2 aliphatic rings. The van der Waals surface area contributed by atoms with Gasteiger partial charge in [-0.05, 0) is 62.9 Å². The van der Waals surface area contributed by atoms with Gasteiger partial charge in [0, 0.05) is 23.0 Å². The number of aryl methyl sites for hydroxylation is 1. The van der Waals surface area contributed by atoms with E-state index in [-0.39, 0.29) is 5.91 Å². The molecule has 0 spiro atoms. The van der Waals surface area contributed by atoms with Gasteiger partial charge in [-0.3, -0.25) is 4.79 Å².